The fraction of sp³-hybridized carbons (Fsp3) is 0.533. The molecule has 4 heteroatoms. The van der Waals surface area contributed by atoms with E-state index >= 15 is 0 Å². The van der Waals surface area contributed by atoms with Crippen molar-refractivity contribution in [2.75, 3.05) is 25.5 Å². The first-order chi connectivity index (χ1) is 9.20. The number of hydrogen-bond acceptors (Lipinski definition) is 3. The summed E-state index contributed by atoms with van der Waals surface area (Å²) in [6, 6.07) is 8.52. The number of likely N-dealkylation sites (tertiary alicyclic amines) is 1. The average Bonchev–Trinajstić information content (AvgIpc) is 2.42. The molecule has 1 aliphatic heterocycles. The molecule has 1 aromatic carbocycles. The number of nitriles is 1. The van der Waals surface area contributed by atoms with Crippen LogP contribution in [0.2, 0.25) is 0 Å². The van der Waals surface area contributed by atoms with Gasteiger partial charge in [0.1, 0.15) is 0 Å². The number of anilines is 1. The van der Waals surface area contributed by atoms with Crippen LogP contribution in [0, 0.1) is 11.3 Å². The van der Waals surface area contributed by atoms with E-state index in [1.165, 1.54) is 32.2 Å². The minimum Gasteiger partial charge on any atom is -0.384 e. The van der Waals surface area contributed by atoms with Crippen molar-refractivity contribution in [3.05, 3.63) is 28.2 Å². The molecule has 3 nitrogen and oxygen atoms in total. The number of nitrogens with zero attached hydrogens (tertiary/aromatic N) is 2. The summed E-state index contributed by atoms with van der Waals surface area (Å²) in [6.45, 7) is 2.20. The van der Waals surface area contributed by atoms with E-state index in [0.29, 0.717) is 11.6 Å². The molecule has 0 spiro atoms. The molecule has 1 fully saturated rings. The normalized spacial score (nSPS) is 19.9. The average molecular weight is 322 g/mol. The van der Waals surface area contributed by atoms with Gasteiger partial charge < -0.3 is 10.2 Å². The van der Waals surface area contributed by atoms with E-state index < -0.39 is 0 Å². The SMILES string of the molecule is CN1CCCCC1CCNc1ccc(C#N)cc1Br. The van der Waals surface area contributed by atoms with Crippen molar-refractivity contribution in [2.24, 2.45) is 0 Å². The minimum absolute atomic E-state index is 0.685. The molecule has 1 heterocycles. The molecule has 1 unspecified atom stereocenters. The highest BCUT2D eigenvalue weighted by atomic mass is 79.9. The minimum atomic E-state index is 0.685. The van der Waals surface area contributed by atoms with Gasteiger partial charge in [-0.05, 0) is 67.0 Å². The summed E-state index contributed by atoms with van der Waals surface area (Å²) >= 11 is 3.50. The Balaban J connectivity index is 1.84. The van der Waals surface area contributed by atoms with Crippen molar-refractivity contribution in [1.82, 2.24) is 4.90 Å². The smallest absolute Gasteiger partial charge is 0.0992 e. The fourth-order valence-corrected chi connectivity index (χ4v) is 3.13. The maximum absolute atomic E-state index is 8.83. The van der Waals surface area contributed by atoms with Gasteiger partial charge in [-0.25, -0.2) is 0 Å². The standard InChI is InChI=1S/C15H20BrN3/c1-19-9-3-2-4-13(19)7-8-18-15-6-5-12(11-17)10-14(15)16/h5-6,10,13,18H,2-4,7-9H2,1H3. The fourth-order valence-electron chi connectivity index (χ4n) is 2.61. The van der Waals surface area contributed by atoms with Gasteiger partial charge in [-0.2, -0.15) is 5.26 Å². The van der Waals surface area contributed by atoms with E-state index in [0.717, 1.165) is 16.7 Å². The Morgan fingerprint density at radius 3 is 3.00 bits per heavy atom. The van der Waals surface area contributed by atoms with Gasteiger partial charge in [0.2, 0.25) is 0 Å². The number of halogens is 1. The summed E-state index contributed by atoms with van der Waals surface area (Å²) in [4.78, 5) is 2.47. The maximum Gasteiger partial charge on any atom is 0.0992 e. The lowest BCUT2D eigenvalue weighted by Gasteiger charge is -2.32. The number of hydrogen-bond donors (Lipinski definition) is 1. The predicted molar refractivity (Wildman–Crippen MR) is 82.2 cm³/mol. The van der Waals surface area contributed by atoms with Gasteiger partial charge in [0.25, 0.3) is 0 Å². The number of benzene rings is 1. The Labute approximate surface area is 123 Å². The molecule has 0 amide bonds. The first-order valence-electron chi connectivity index (χ1n) is 6.84. The summed E-state index contributed by atoms with van der Waals surface area (Å²) in [6.07, 6.45) is 5.17. The summed E-state index contributed by atoms with van der Waals surface area (Å²) < 4.78 is 0.962. The summed E-state index contributed by atoms with van der Waals surface area (Å²) in [5, 5.41) is 12.3. The van der Waals surface area contributed by atoms with E-state index in [1.807, 2.05) is 18.2 Å². The first-order valence-corrected chi connectivity index (χ1v) is 7.64. The molecule has 0 aromatic heterocycles. The van der Waals surface area contributed by atoms with Crippen LogP contribution in [-0.2, 0) is 0 Å². The Kier molecular flexibility index (Phi) is 5.24. The van der Waals surface area contributed by atoms with Gasteiger partial charge in [-0.15, -0.1) is 0 Å². The zero-order valence-corrected chi connectivity index (χ0v) is 12.9. The van der Waals surface area contributed by atoms with Gasteiger partial charge in [0.15, 0.2) is 0 Å². The molecule has 1 aromatic rings. The third kappa shape index (κ3) is 3.95. The topological polar surface area (TPSA) is 39.1 Å². The van der Waals surface area contributed by atoms with Crippen LogP contribution in [0.4, 0.5) is 5.69 Å². The van der Waals surface area contributed by atoms with Crippen molar-refractivity contribution < 1.29 is 0 Å². The lowest BCUT2D eigenvalue weighted by atomic mass is 10.0. The largest absolute Gasteiger partial charge is 0.384 e. The Morgan fingerprint density at radius 2 is 2.32 bits per heavy atom. The van der Waals surface area contributed by atoms with Gasteiger partial charge >= 0.3 is 0 Å². The third-order valence-corrected chi connectivity index (χ3v) is 4.47. The zero-order valence-electron chi connectivity index (χ0n) is 11.3. The lowest BCUT2D eigenvalue weighted by Crippen LogP contribution is -2.37. The number of piperidine rings is 1. The van der Waals surface area contributed by atoms with Crippen LogP contribution in [0.1, 0.15) is 31.2 Å². The quantitative estimate of drug-likeness (QED) is 0.920. The van der Waals surface area contributed by atoms with Gasteiger partial charge in [-0.1, -0.05) is 6.42 Å². The second-order valence-corrected chi connectivity index (χ2v) is 6.01. The van der Waals surface area contributed by atoms with E-state index in [-0.39, 0.29) is 0 Å². The van der Waals surface area contributed by atoms with Crippen LogP contribution in [0.25, 0.3) is 0 Å². The highest BCUT2D eigenvalue weighted by molar-refractivity contribution is 9.10. The zero-order chi connectivity index (χ0) is 13.7. The highest BCUT2D eigenvalue weighted by Gasteiger charge is 2.18. The second kappa shape index (κ2) is 6.93. The summed E-state index contributed by atoms with van der Waals surface area (Å²) in [5.41, 5.74) is 1.75. The van der Waals surface area contributed by atoms with Crippen molar-refractivity contribution in [3.63, 3.8) is 0 Å². The maximum atomic E-state index is 8.83. The van der Waals surface area contributed by atoms with Crippen molar-refractivity contribution in [2.45, 2.75) is 31.7 Å². The lowest BCUT2D eigenvalue weighted by molar-refractivity contribution is 0.179. The summed E-state index contributed by atoms with van der Waals surface area (Å²) in [7, 11) is 2.22. The second-order valence-electron chi connectivity index (χ2n) is 5.15. The van der Waals surface area contributed by atoms with Crippen LogP contribution in [0.3, 0.4) is 0 Å². The molecule has 19 heavy (non-hydrogen) atoms. The molecule has 1 saturated heterocycles. The molecular weight excluding hydrogens is 302 g/mol. The van der Waals surface area contributed by atoms with E-state index in [4.69, 9.17) is 5.26 Å². The van der Waals surface area contributed by atoms with Gasteiger partial charge in [0, 0.05) is 22.7 Å². The number of rotatable bonds is 4. The molecule has 102 valence electrons. The molecule has 1 aliphatic rings. The first kappa shape index (κ1) is 14.4. The Bertz CT molecular complexity index is 467. The predicted octanol–water partition coefficient (Wildman–Crippen LogP) is 3.61. The van der Waals surface area contributed by atoms with Crippen molar-refractivity contribution >= 4 is 21.6 Å². The van der Waals surface area contributed by atoms with E-state index in [9.17, 15) is 0 Å². The molecule has 0 saturated carbocycles. The van der Waals surface area contributed by atoms with Crippen LogP contribution in [0.5, 0.6) is 0 Å². The Morgan fingerprint density at radius 1 is 1.47 bits per heavy atom. The molecule has 2 rings (SSSR count). The molecule has 1 N–H and O–H groups in total. The van der Waals surface area contributed by atoms with Crippen LogP contribution in [0.15, 0.2) is 22.7 Å². The van der Waals surface area contributed by atoms with E-state index in [1.54, 1.807) is 0 Å². The third-order valence-electron chi connectivity index (χ3n) is 3.81. The van der Waals surface area contributed by atoms with Crippen LogP contribution in [-0.4, -0.2) is 31.1 Å². The number of nitrogens with one attached hydrogen (secondary N) is 1. The van der Waals surface area contributed by atoms with E-state index in [2.05, 4.69) is 39.3 Å². The Hall–Kier alpha value is -1.05. The van der Waals surface area contributed by atoms with Crippen LogP contribution >= 0.6 is 15.9 Å². The van der Waals surface area contributed by atoms with Crippen molar-refractivity contribution in [1.29, 1.82) is 5.26 Å². The molecule has 0 bridgehead atoms. The van der Waals surface area contributed by atoms with Gasteiger partial charge in [-0.3, -0.25) is 0 Å². The highest BCUT2D eigenvalue weighted by Crippen LogP contribution is 2.24. The molecule has 1 atom stereocenters. The molecule has 0 radical (unpaired) electrons. The molecular formula is C15H20BrN3. The van der Waals surface area contributed by atoms with Gasteiger partial charge in [0.05, 0.1) is 11.6 Å². The molecule has 0 aliphatic carbocycles. The summed E-state index contributed by atoms with van der Waals surface area (Å²) in [5.74, 6) is 0. The monoisotopic (exact) mass is 321 g/mol. The van der Waals surface area contributed by atoms with Crippen LogP contribution < -0.4 is 5.32 Å². The van der Waals surface area contributed by atoms with Crippen molar-refractivity contribution in [3.8, 4) is 6.07 Å².